The third-order valence-corrected chi connectivity index (χ3v) is 4.40. The van der Waals surface area contributed by atoms with E-state index in [9.17, 15) is 14.7 Å². The average Bonchev–Trinajstić information content (AvgIpc) is 3.11. The standard InChI is InChI=1S/C14H16ClN3O3S/c1-2-3-4-9(14(20)21)17-13(19)8-7-16-18-12(8)10-5-6-11(15)22-10/h5-7,9H,2-4H2,1H3,(H,16,18)(H,17,19)(H,20,21)/t9-/m0/s1. The highest BCUT2D eigenvalue weighted by Crippen LogP contribution is 2.31. The van der Waals surface area contributed by atoms with Crippen molar-refractivity contribution in [2.45, 2.75) is 32.2 Å². The van der Waals surface area contributed by atoms with E-state index in [-0.39, 0.29) is 0 Å². The number of nitrogens with zero attached hydrogens (tertiary/aromatic N) is 1. The summed E-state index contributed by atoms with van der Waals surface area (Å²) in [6.07, 6.45) is 3.38. The van der Waals surface area contributed by atoms with E-state index in [1.807, 2.05) is 6.92 Å². The van der Waals surface area contributed by atoms with Crippen LogP contribution in [-0.4, -0.2) is 33.2 Å². The molecule has 0 saturated heterocycles. The molecule has 2 aromatic rings. The molecule has 3 N–H and O–H groups in total. The lowest BCUT2D eigenvalue weighted by Crippen LogP contribution is -2.40. The molecular formula is C14H16ClN3O3S. The van der Waals surface area contributed by atoms with Gasteiger partial charge in [-0.25, -0.2) is 4.79 Å². The Morgan fingerprint density at radius 2 is 2.27 bits per heavy atom. The number of H-pyrrole nitrogens is 1. The number of nitrogens with one attached hydrogen (secondary N) is 2. The van der Waals surface area contributed by atoms with E-state index >= 15 is 0 Å². The Labute approximate surface area is 136 Å². The maximum atomic E-state index is 12.3. The fourth-order valence-electron chi connectivity index (χ4n) is 2.00. The number of unbranched alkanes of at least 4 members (excludes halogenated alkanes) is 1. The molecule has 0 spiro atoms. The van der Waals surface area contributed by atoms with Crippen molar-refractivity contribution in [1.82, 2.24) is 15.5 Å². The van der Waals surface area contributed by atoms with Gasteiger partial charge in [-0.05, 0) is 18.6 Å². The summed E-state index contributed by atoms with van der Waals surface area (Å²) in [6, 6.07) is 2.61. The summed E-state index contributed by atoms with van der Waals surface area (Å²) in [6.45, 7) is 1.97. The number of carbonyl (C=O) groups excluding carboxylic acids is 1. The van der Waals surface area contributed by atoms with Gasteiger partial charge in [0, 0.05) is 0 Å². The van der Waals surface area contributed by atoms with Crippen LogP contribution >= 0.6 is 22.9 Å². The molecule has 0 fully saturated rings. The minimum Gasteiger partial charge on any atom is -0.480 e. The van der Waals surface area contributed by atoms with Crippen molar-refractivity contribution in [1.29, 1.82) is 0 Å². The third-order valence-electron chi connectivity index (χ3n) is 3.15. The number of aromatic amines is 1. The zero-order valence-corrected chi connectivity index (χ0v) is 13.5. The number of hydrogen-bond acceptors (Lipinski definition) is 4. The zero-order valence-electron chi connectivity index (χ0n) is 11.9. The van der Waals surface area contributed by atoms with Crippen LogP contribution in [0.3, 0.4) is 0 Å². The highest BCUT2D eigenvalue weighted by molar-refractivity contribution is 7.19. The molecule has 0 saturated carbocycles. The van der Waals surface area contributed by atoms with E-state index < -0.39 is 17.9 Å². The summed E-state index contributed by atoms with van der Waals surface area (Å²) in [7, 11) is 0. The van der Waals surface area contributed by atoms with Crippen molar-refractivity contribution in [2.75, 3.05) is 0 Å². The van der Waals surface area contributed by atoms with Gasteiger partial charge in [-0.1, -0.05) is 31.4 Å². The lowest BCUT2D eigenvalue weighted by Gasteiger charge is -2.13. The first-order valence-corrected chi connectivity index (χ1v) is 8.05. The van der Waals surface area contributed by atoms with Crippen molar-refractivity contribution in [3.05, 3.63) is 28.2 Å². The number of halogens is 1. The molecule has 1 amide bonds. The van der Waals surface area contributed by atoms with E-state index in [2.05, 4.69) is 15.5 Å². The molecule has 0 radical (unpaired) electrons. The van der Waals surface area contributed by atoms with Crippen LogP contribution in [-0.2, 0) is 4.79 Å². The predicted octanol–water partition coefficient (Wildman–Crippen LogP) is 3.16. The molecule has 0 bridgehead atoms. The highest BCUT2D eigenvalue weighted by atomic mass is 35.5. The van der Waals surface area contributed by atoms with E-state index in [4.69, 9.17) is 11.6 Å². The fourth-order valence-corrected chi connectivity index (χ4v) is 3.05. The van der Waals surface area contributed by atoms with Crippen LogP contribution in [0.2, 0.25) is 4.34 Å². The molecule has 0 aliphatic carbocycles. The summed E-state index contributed by atoms with van der Waals surface area (Å²) in [4.78, 5) is 24.3. The van der Waals surface area contributed by atoms with Gasteiger partial charge in [0.05, 0.1) is 26.7 Å². The zero-order chi connectivity index (χ0) is 16.1. The maximum Gasteiger partial charge on any atom is 0.326 e. The number of carbonyl (C=O) groups is 2. The molecule has 1 atom stereocenters. The van der Waals surface area contributed by atoms with Gasteiger partial charge in [0.25, 0.3) is 5.91 Å². The van der Waals surface area contributed by atoms with Crippen LogP contribution in [0.1, 0.15) is 36.5 Å². The summed E-state index contributed by atoms with van der Waals surface area (Å²) < 4.78 is 0.599. The smallest absolute Gasteiger partial charge is 0.326 e. The number of thiophene rings is 1. The lowest BCUT2D eigenvalue weighted by molar-refractivity contribution is -0.139. The topological polar surface area (TPSA) is 95.1 Å². The number of rotatable bonds is 7. The quantitative estimate of drug-likeness (QED) is 0.720. The van der Waals surface area contributed by atoms with Gasteiger partial charge in [0.2, 0.25) is 0 Å². The molecule has 22 heavy (non-hydrogen) atoms. The molecular weight excluding hydrogens is 326 g/mol. The normalized spacial score (nSPS) is 12.1. The van der Waals surface area contributed by atoms with Crippen LogP contribution < -0.4 is 5.32 Å². The van der Waals surface area contributed by atoms with Crippen molar-refractivity contribution in [2.24, 2.45) is 0 Å². The second-order valence-corrected chi connectivity index (χ2v) is 6.48. The largest absolute Gasteiger partial charge is 0.480 e. The summed E-state index contributed by atoms with van der Waals surface area (Å²) in [5.41, 5.74) is 0.843. The van der Waals surface area contributed by atoms with Crippen molar-refractivity contribution in [3.8, 4) is 10.6 Å². The van der Waals surface area contributed by atoms with Gasteiger partial charge < -0.3 is 10.4 Å². The second kappa shape index (κ2) is 7.42. The lowest BCUT2D eigenvalue weighted by atomic mass is 10.1. The number of hydrogen-bond donors (Lipinski definition) is 3. The first kappa shape index (κ1) is 16.5. The van der Waals surface area contributed by atoms with E-state index in [0.717, 1.165) is 17.7 Å². The van der Waals surface area contributed by atoms with E-state index in [0.29, 0.717) is 22.0 Å². The van der Waals surface area contributed by atoms with E-state index in [1.54, 1.807) is 12.1 Å². The molecule has 6 nitrogen and oxygen atoms in total. The van der Waals surface area contributed by atoms with Crippen LogP contribution in [0.25, 0.3) is 10.6 Å². The number of aliphatic carboxylic acids is 1. The molecule has 2 rings (SSSR count). The molecule has 2 aromatic heterocycles. The summed E-state index contributed by atoms with van der Waals surface area (Å²) in [5, 5.41) is 18.4. The fraction of sp³-hybridized carbons (Fsp3) is 0.357. The van der Waals surface area contributed by atoms with E-state index in [1.165, 1.54) is 17.5 Å². The average molecular weight is 342 g/mol. The Morgan fingerprint density at radius 1 is 1.50 bits per heavy atom. The van der Waals surface area contributed by atoms with Crippen LogP contribution in [0.5, 0.6) is 0 Å². The Morgan fingerprint density at radius 3 is 2.86 bits per heavy atom. The number of carboxylic acids is 1. The van der Waals surface area contributed by atoms with Crippen LogP contribution in [0, 0.1) is 0 Å². The van der Waals surface area contributed by atoms with Crippen LogP contribution in [0.15, 0.2) is 18.3 Å². The SMILES string of the molecule is CCCC[C@H](NC(=O)c1cn[nH]c1-c1ccc(Cl)s1)C(=O)O. The predicted molar refractivity (Wildman–Crippen MR) is 85.3 cm³/mol. The molecule has 0 aliphatic rings. The number of carboxylic acid groups (broad SMARTS) is 1. The Bertz CT molecular complexity index is 668. The Balaban J connectivity index is 2.16. The minimum atomic E-state index is -1.04. The molecule has 2 heterocycles. The molecule has 8 heteroatoms. The van der Waals surface area contributed by atoms with Crippen molar-refractivity contribution >= 4 is 34.8 Å². The summed E-state index contributed by atoms with van der Waals surface area (Å²) in [5.74, 6) is -1.50. The molecule has 0 unspecified atom stereocenters. The molecule has 118 valence electrons. The van der Waals surface area contributed by atoms with Crippen LogP contribution in [0.4, 0.5) is 0 Å². The Hall–Kier alpha value is -1.86. The van der Waals surface area contributed by atoms with Gasteiger partial charge in [0.1, 0.15) is 6.04 Å². The van der Waals surface area contributed by atoms with Gasteiger partial charge in [0.15, 0.2) is 0 Å². The summed E-state index contributed by atoms with van der Waals surface area (Å²) >= 11 is 7.21. The number of aromatic nitrogens is 2. The van der Waals surface area contributed by atoms with Crippen molar-refractivity contribution in [3.63, 3.8) is 0 Å². The van der Waals surface area contributed by atoms with Crippen molar-refractivity contribution < 1.29 is 14.7 Å². The Kier molecular flexibility index (Phi) is 5.57. The highest BCUT2D eigenvalue weighted by Gasteiger charge is 2.23. The number of amides is 1. The third kappa shape index (κ3) is 3.86. The molecule has 0 aromatic carbocycles. The maximum absolute atomic E-state index is 12.3. The monoisotopic (exact) mass is 341 g/mol. The molecule has 0 aliphatic heterocycles. The first-order chi connectivity index (χ1) is 10.5. The van der Waals surface area contributed by atoms with Gasteiger partial charge in [-0.15, -0.1) is 11.3 Å². The van der Waals surface area contributed by atoms with Gasteiger partial charge >= 0.3 is 5.97 Å². The van der Waals surface area contributed by atoms with Gasteiger partial charge in [-0.3, -0.25) is 9.89 Å². The van der Waals surface area contributed by atoms with Gasteiger partial charge in [-0.2, -0.15) is 5.10 Å². The second-order valence-electron chi connectivity index (χ2n) is 4.77. The minimum absolute atomic E-state index is 0.307. The first-order valence-electron chi connectivity index (χ1n) is 6.85.